The van der Waals surface area contributed by atoms with Gasteiger partial charge in [-0.15, -0.1) is 0 Å². The molecule has 4 rings (SSSR count). The van der Waals surface area contributed by atoms with Gasteiger partial charge in [0.1, 0.15) is 18.0 Å². The predicted molar refractivity (Wildman–Crippen MR) is 103 cm³/mol. The number of aromatic nitrogens is 1. The van der Waals surface area contributed by atoms with Gasteiger partial charge in [0.25, 0.3) is 5.69 Å². The second-order valence-corrected chi connectivity index (χ2v) is 6.21. The first kappa shape index (κ1) is 18.2. The van der Waals surface area contributed by atoms with Crippen molar-refractivity contribution in [3.63, 3.8) is 0 Å². The first-order valence-electron chi connectivity index (χ1n) is 8.51. The average molecular weight is 394 g/mol. The van der Waals surface area contributed by atoms with E-state index in [1.807, 2.05) is 18.2 Å². The van der Waals surface area contributed by atoms with Crippen LogP contribution in [0.25, 0.3) is 21.9 Å². The Morgan fingerprint density at radius 2 is 1.79 bits per heavy atom. The maximum atomic E-state index is 12.4. The van der Waals surface area contributed by atoms with Crippen LogP contribution in [0.15, 0.2) is 63.8 Å². The Hall–Kier alpha value is -4.14. The summed E-state index contributed by atoms with van der Waals surface area (Å²) < 4.78 is 16.6. The number of ether oxygens (including phenoxy) is 2. The zero-order valence-corrected chi connectivity index (χ0v) is 15.2. The van der Waals surface area contributed by atoms with Crippen LogP contribution in [0.5, 0.6) is 11.5 Å². The van der Waals surface area contributed by atoms with Crippen molar-refractivity contribution in [3.05, 3.63) is 75.3 Å². The maximum Gasteiger partial charge on any atom is 0.420 e. The Morgan fingerprint density at radius 3 is 2.52 bits per heavy atom. The number of methoxy groups -OCH3 is 1. The Balaban J connectivity index is 1.58. The summed E-state index contributed by atoms with van der Waals surface area (Å²) in [6, 6.07) is 14.4. The molecule has 0 bridgehead atoms. The minimum Gasteiger partial charge on any atom is -0.497 e. The number of carbonyl (C=O) groups excluding carboxylic acids is 1. The Morgan fingerprint density at radius 1 is 1.07 bits per heavy atom. The zero-order valence-electron chi connectivity index (χ0n) is 15.2. The van der Waals surface area contributed by atoms with Crippen LogP contribution in [0.4, 0.5) is 5.69 Å². The molecule has 9 heteroatoms. The van der Waals surface area contributed by atoms with Crippen LogP contribution in [0.2, 0.25) is 0 Å². The van der Waals surface area contributed by atoms with Crippen LogP contribution in [0.1, 0.15) is 0 Å². The lowest BCUT2D eigenvalue weighted by Crippen LogP contribution is -2.23. The number of nitro benzene ring substituents is 1. The second-order valence-electron chi connectivity index (χ2n) is 6.21. The molecule has 0 saturated carbocycles. The molecular weight excluding hydrogens is 380 g/mol. The molecule has 0 aliphatic heterocycles. The average Bonchev–Trinajstić information content (AvgIpc) is 3.01. The summed E-state index contributed by atoms with van der Waals surface area (Å²) in [5.74, 6) is -0.505. The van der Waals surface area contributed by atoms with Crippen molar-refractivity contribution in [2.24, 2.45) is 0 Å². The van der Waals surface area contributed by atoms with Gasteiger partial charge in [-0.05, 0) is 41.1 Å². The lowest BCUT2D eigenvalue weighted by molar-refractivity contribution is -0.384. The van der Waals surface area contributed by atoms with Gasteiger partial charge >= 0.3 is 11.7 Å². The van der Waals surface area contributed by atoms with Crippen LogP contribution in [0.3, 0.4) is 0 Å². The van der Waals surface area contributed by atoms with Gasteiger partial charge in [-0.2, -0.15) is 0 Å². The maximum absolute atomic E-state index is 12.4. The number of esters is 1. The minimum absolute atomic E-state index is 0.0230. The van der Waals surface area contributed by atoms with E-state index in [9.17, 15) is 19.7 Å². The van der Waals surface area contributed by atoms with Crippen molar-refractivity contribution in [2.75, 3.05) is 7.11 Å². The molecule has 1 aromatic heterocycles. The molecule has 9 nitrogen and oxygen atoms in total. The number of hydrogen-bond acceptors (Lipinski definition) is 7. The summed E-state index contributed by atoms with van der Waals surface area (Å²) >= 11 is 0. The molecule has 0 aliphatic rings. The molecule has 4 aromatic rings. The smallest absolute Gasteiger partial charge is 0.420 e. The molecule has 0 N–H and O–H groups in total. The molecule has 0 aliphatic carbocycles. The molecule has 0 spiro atoms. The van der Waals surface area contributed by atoms with E-state index in [1.165, 1.54) is 12.1 Å². The number of nitrogens with zero attached hydrogens (tertiary/aromatic N) is 2. The summed E-state index contributed by atoms with van der Waals surface area (Å²) in [6.45, 7) is -0.403. The first-order valence-corrected chi connectivity index (χ1v) is 8.51. The summed E-state index contributed by atoms with van der Waals surface area (Å²) in [5, 5.41) is 12.6. The monoisotopic (exact) mass is 394 g/mol. The van der Waals surface area contributed by atoms with Crippen LogP contribution in [0, 0.1) is 10.1 Å². The number of benzene rings is 3. The first-order chi connectivity index (χ1) is 13.9. The Labute approximate surface area is 162 Å². The van der Waals surface area contributed by atoms with Crippen LogP contribution < -0.4 is 15.2 Å². The molecular formula is C20H14N2O7. The highest BCUT2D eigenvalue weighted by atomic mass is 16.6. The summed E-state index contributed by atoms with van der Waals surface area (Å²) in [5.41, 5.74) is 0.0724. The van der Waals surface area contributed by atoms with Crippen LogP contribution in [-0.2, 0) is 11.3 Å². The fourth-order valence-electron chi connectivity index (χ4n) is 3.00. The topological polar surface area (TPSA) is 114 Å². The van der Waals surface area contributed by atoms with E-state index in [-0.39, 0.29) is 16.8 Å². The van der Waals surface area contributed by atoms with Gasteiger partial charge in [-0.1, -0.05) is 12.1 Å². The highest BCUT2D eigenvalue weighted by molar-refractivity contribution is 5.86. The number of rotatable bonds is 5. The third kappa shape index (κ3) is 3.53. The van der Waals surface area contributed by atoms with E-state index < -0.39 is 23.2 Å². The van der Waals surface area contributed by atoms with Crippen LogP contribution >= 0.6 is 0 Å². The lowest BCUT2D eigenvalue weighted by Gasteiger charge is -2.07. The van der Waals surface area contributed by atoms with Crippen molar-refractivity contribution in [2.45, 2.75) is 6.54 Å². The van der Waals surface area contributed by atoms with Crippen LogP contribution in [-0.4, -0.2) is 22.6 Å². The second kappa shape index (κ2) is 7.12. The summed E-state index contributed by atoms with van der Waals surface area (Å²) in [4.78, 5) is 34.7. The van der Waals surface area contributed by atoms with Gasteiger partial charge in [-0.25, -0.2) is 9.59 Å². The Bertz CT molecular complexity index is 1320. The number of oxazole rings is 1. The van der Waals surface area contributed by atoms with E-state index in [0.29, 0.717) is 11.5 Å². The fourth-order valence-corrected chi connectivity index (χ4v) is 3.00. The van der Waals surface area contributed by atoms with Crippen molar-refractivity contribution in [1.82, 2.24) is 4.57 Å². The van der Waals surface area contributed by atoms with Gasteiger partial charge in [-0.3, -0.25) is 14.7 Å². The number of non-ortho nitro benzene ring substituents is 1. The van der Waals surface area contributed by atoms with Gasteiger partial charge in [0, 0.05) is 6.07 Å². The number of fused-ring (bicyclic) bond motifs is 2. The third-order valence-corrected chi connectivity index (χ3v) is 4.40. The van der Waals surface area contributed by atoms with Crippen molar-refractivity contribution < 1.29 is 23.6 Å². The summed E-state index contributed by atoms with van der Waals surface area (Å²) in [7, 11) is 1.56. The summed E-state index contributed by atoms with van der Waals surface area (Å²) in [6.07, 6.45) is 0. The number of hydrogen-bond donors (Lipinski definition) is 0. The molecule has 146 valence electrons. The minimum atomic E-state index is -0.805. The quantitative estimate of drug-likeness (QED) is 0.221. The van der Waals surface area contributed by atoms with Gasteiger partial charge in [0.05, 0.1) is 23.6 Å². The SMILES string of the molecule is COc1ccc2ccc(OC(=O)Cn3c(=O)oc4cc([N+](=O)[O-])ccc43)cc2c1. The fraction of sp³-hybridized carbons (Fsp3) is 0.100. The number of carbonyl (C=O) groups is 1. The third-order valence-electron chi connectivity index (χ3n) is 4.40. The van der Waals surface area contributed by atoms with Crippen molar-refractivity contribution in [3.8, 4) is 11.5 Å². The lowest BCUT2D eigenvalue weighted by atomic mass is 10.1. The van der Waals surface area contributed by atoms with Crippen molar-refractivity contribution in [1.29, 1.82) is 0 Å². The molecule has 0 saturated heterocycles. The predicted octanol–water partition coefficient (Wildman–Crippen LogP) is 3.27. The highest BCUT2D eigenvalue weighted by Crippen LogP contribution is 2.25. The van der Waals surface area contributed by atoms with E-state index in [4.69, 9.17) is 13.9 Å². The van der Waals surface area contributed by atoms with Crippen molar-refractivity contribution >= 4 is 33.5 Å². The zero-order chi connectivity index (χ0) is 20.5. The normalized spacial score (nSPS) is 10.9. The molecule has 1 heterocycles. The Kier molecular flexibility index (Phi) is 4.47. The van der Waals surface area contributed by atoms with E-state index in [0.717, 1.165) is 21.4 Å². The van der Waals surface area contributed by atoms with E-state index >= 15 is 0 Å². The molecule has 0 fully saturated rings. The molecule has 0 atom stereocenters. The van der Waals surface area contributed by atoms with E-state index in [1.54, 1.807) is 25.3 Å². The van der Waals surface area contributed by atoms with Gasteiger partial charge in [0.15, 0.2) is 5.58 Å². The van der Waals surface area contributed by atoms with E-state index in [2.05, 4.69) is 0 Å². The standard InChI is InChI=1S/C20H14N2O7/c1-27-15-5-2-12-3-6-16(9-13(12)8-15)28-19(23)11-21-17-7-4-14(22(25)26)10-18(17)29-20(21)24/h2-10H,11H2,1H3. The highest BCUT2D eigenvalue weighted by Gasteiger charge is 2.17. The largest absolute Gasteiger partial charge is 0.497 e. The number of nitro groups is 1. The molecule has 29 heavy (non-hydrogen) atoms. The van der Waals surface area contributed by atoms with Gasteiger partial charge < -0.3 is 13.9 Å². The van der Waals surface area contributed by atoms with Gasteiger partial charge in [0.2, 0.25) is 0 Å². The molecule has 0 amide bonds. The molecule has 0 unspecified atom stereocenters. The molecule has 3 aromatic carbocycles. The molecule has 0 radical (unpaired) electrons.